The number of carbonyl (C=O) groups excluding carboxylic acids is 1. The van der Waals surface area contributed by atoms with Gasteiger partial charge in [-0.25, -0.2) is 9.78 Å². The van der Waals surface area contributed by atoms with Gasteiger partial charge in [-0.15, -0.1) is 0 Å². The summed E-state index contributed by atoms with van der Waals surface area (Å²) in [6, 6.07) is 13.5. The van der Waals surface area contributed by atoms with Crippen molar-refractivity contribution in [1.82, 2.24) is 14.9 Å². The van der Waals surface area contributed by atoms with Crippen molar-refractivity contribution in [2.24, 2.45) is 7.05 Å². The van der Waals surface area contributed by atoms with Crippen LogP contribution in [0.2, 0.25) is 0 Å². The largest absolute Gasteiger partial charge is 0.337 e. The Morgan fingerprint density at radius 2 is 2.00 bits per heavy atom. The van der Waals surface area contributed by atoms with Gasteiger partial charge >= 0.3 is 6.03 Å². The molecule has 2 aromatic carbocycles. The number of carbonyl (C=O) groups is 1. The van der Waals surface area contributed by atoms with Gasteiger partial charge in [0.1, 0.15) is 5.82 Å². The Bertz CT molecular complexity index is 921. The van der Waals surface area contributed by atoms with Gasteiger partial charge in [0, 0.05) is 37.8 Å². The van der Waals surface area contributed by atoms with Crippen LogP contribution in [-0.2, 0) is 13.5 Å². The Balaban J connectivity index is 1.62. The van der Waals surface area contributed by atoms with Crippen molar-refractivity contribution in [1.29, 1.82) is 0 Å². The average Bonchev–Trinajstić information content (AvgIpc) is 2.91. The zero-order chi connectivity index (χ0) is 17.8. The van der Waals surface area contributed by atoms with Crippen LogP contribution in [0.25, 0.3) is 11.0 Å². The number of rotatable bonds is 5. The van der Waals surface area contributed by atoms with Crippen LogP contribution >= 0.6 is 0 Å². The van der Waals surface area contributed by atoms with Gasteiger partial charge in [0.05, 0.1) is 16.0 Å². The van der Waals surface area contributed by atoms with E-state index in [0.717, 1.165) is 17.0 Å². The summed E-state index contributed by atoms with van der Waals surface area (Å²) in [5, 5.41) is 16.4. The molecular weight excluding hydrogens is 322 g/mol. The lowest BCUT2D eigenvalue weighted by molar-refractivity contribution is -0.384. The summed E-state index contributed by atoms with van der Waals surface area (Å²) < 4.78 is 1.87. The first-order valence-corrected chi connectivity index (χ1v) is 7.74. The fourth-order valence-electron chi connectivity index (χ4n) is 2.56. The second kappa shape index (κ2) is 7.00. The number of anilines is 1. The number of imidazole rings is 1. The number of aromatic nitrogens is 2. The summed E-state index contributed by atoms with van der Waals surface area (Å²) in [7, 11) is 1.85. The van der Waals surface area contributed by atoms with Crippen molar-refractivity contribution in [2.45, 2.75) is 6.42 Å². The number of nitro groups is 1. The van der Waals surface area contributed by atoms with Crippen LogP contribution in [0.5, 0.6) is 0 Å². The number of fused-ring (bicyclic) bond motifs is 1. The Hall–Kier alpha value is -3.42. The molecule has 2 amide bonds. The van der Waals surface area contributed by atoms with Crippen LogP contribution in [0.4, 0.5) is 16.2 Å². The van der Waals surface area contributed by atoms with E-state index in [4.69, 9.17) is 0 Å². The molecule has 0 unspecified atom stereocenters. The number of benzene rings is 2. The van der Waals surface area contributed by atoms with E-state index in [-0.39, 0.29) is 11.7 Å². The minimum Gasteiger partial charge on any atom is -0.337 e. The van der Waals surface area contributed by atoms with Crippen LogP contribution in [0.15, 0.2) is 48.5 Å². The van der Waals surface area contributed by atoms with E-state index in [1.54, 1.807) is 18.2 Å². The van der Waals surface area contributed by atoms with Gasteiger partial charge in [0.15, 0.2) is 0 Å². The third kappa shape index (κ3) is 3.74. The van der Waals surface area contributed by atoms with Gasteiger partial charge in [-0.1, -0.05) is 18.2 Å². The predicted molar refractivity (Wildman–Crippen MR) is 94.5 cm³/mol. The van der Waals surface area contributed by atoms with E-state index in [1.165, 1.54) is 12.1 Å². The van der Waals surface area contributed by atoms with Crippen molar-refractivity contribution in [3.05, 3.63) is 64.5 Å². The zero-order valence-corrected chi connectivity index (χ0v) is 13.6. The van der Waals surface area contributed by atoms with Crippen molar-refractivity contribution >= 4 is 28.4 Å². The van der Waals surface area contributed by atoms with E-state index >= 15 is 0 Å². The first-order valence-electron chi connectivity index (χ1n) is 7.74. The van der Waals surface area contributed by atoms with Crippen molar-refractivity contribution < 1.29 is 9.72 Å². The van der Waals surface area contributed by atoms with Gasteiger partial charge in [-0.3, -0.25) is 10.1 Å². The van der Waals surface area contributed by atoms with Crippen molar-refractivity contribution in [3.63, 3.8) is 0 Å². The highest BCUT2D eigenvalue weighted by Crippen LogP contribution is 2.21. The summed E-state index contributed by atoms with van der Waals surface area (Å²) in [4.78, 5) is 26.7. The SMILES string of the molecule is Cn1c(CCNC(=O)Nc2ccccc2)nc2cc([N+](=O)[O-])ccc21. The number of para-hydroxylation sites is 1. The zero-order valence-electron chi connectivity index (χ0n) is 13.6. The molecule has 0 aliphatic heterocycles. The summed E-state index contributed by atoms with van der Waals surface area (Å²) in [6.07, 6.45) is 0.515. The van der Waals surface area contributed by atoms with Crippen molar-refractivity contribution in [2.75, 3.05) is 11.9 Å². The smallest absolute Gasteiger partial charge is 0.319 e. The fourth-order valence-corrected chi connectivity index (χ4v) is 2.56. The molecule has 0 saturated heterocycles. The first kappa shape index (κ1) is 16.4. The van der Waals surface area contributed by atoms with Gasteiger partial charge in [-0.2, -0.15) is 0 Å². The monoisotopic (exact) mass is 339 g/mol. The summed E-state index contributed by atoms with van der Waals surface area (Å²) in [5.41, 5.74) is 2.11. The highest BCUT2D eigenvalue weighted by molar-refractivity contribution is 5.89. The second-order valence-electron chi connectivity index (χ2n) is 5.51. The third-order valence-corrected chi connectivity index (χ3v) is 3.83. The Labute approximate surface area is 143 Å². The number of urea groups is 1. The van der Waals surface area contributed by atoms with Crippen molar-refractivity contribution in [3.8, 4) is 0 Å². The summed E-state index contributed by atoms with van der Waals surface area (Å²) >= 11 is 0. The van der Waals surface area contributed by atoms with Gasteiger partial charge in [0.2, 0.25) is 0 Å². The Morgan fingerprint density at radius 3 is 2.72 bits per heavy atom. The number of nitrogens with one attached hydrogen (secondary N) is 2. The lowest BCUT2D eigenvalue weighted by Gasteiger charge is -2.07. The Kier molecular flexibility index (Phi) is 4.60. The van der Waals surface area contributed by atoms with Crippen LogP contribution in [0, 0.1) is 10.1 Å². The lowest BCUT2D eigenvalue weighted by Crippen LogP contribution is -2.30. The topological polar surface area (TPSA) is 102 Å². The Morgan fingerprint density at radius 1 is 1.24 bits per heavy atom. The molecule has 2 N–H and O–H groups in total. The molecule has 3 aromatic rings. The average molecular weight is 339 g/mol. The van der Waals surface area contributed by atoms with E-state index in [1.807, 2.05) is 29.8 Å². The normalized spacial score (nSPS) is 10.6. The molecule has 8 nitrogen and oxygen atoms in total. The predicted octanol–water partition coefficient (Wildman–Crippen LogP) is 2.85. The maximum absolute atomic E-state index is 11.9. The number of aryl methyl sites for hydroxylation is 1. The lowest BCUT2D eigenvalue weighted by atomic mass is 10.3. The molecule has 0 bridgehead atoms. The van der Waals surface area contributed by atoms with E-state index in [0.29, 0.717) is 18.5 Å². The number of nitrogens with zero attached hydrogens (tertiary/aromatic N) is 3. The van der Waals surface area contributed by atoms with Crippen LogP contribution in [0.1, 0.15) is 5.82 Å². The van der Waals surface area contributed by atoms with E-state index in [9.17, 15) is 14.9 Å². The molecule has 0 fully saturated rings. The van der Waals surface area contributed by atoms with Gasteiger partial charge in [0.25, 0.3) is 5.69 Å². The number of hydrogen-bond donors (Lipinski definition) is 2. The molecule has 0 atom stereocenters. The van der Waals surface area contributed by atoms with Gasteiger partial charge in [-0.05, 0) is 18.2 Å². The van der Waals surface area contributed by atoms with Crippen LogP contribution in [0.3, 0.4) is 0 Å². The summed E-state index contributed by atoms with van der Waals surface area (Å²) in [6.45, 7) is 0.401. The third-order valence-electron chi connectivity index (χ3n) is 3.83. The molecule has 0 aliphatic carbocycles. The highest BCUT2D eigenvalue weighted by atomic mass is 16.6. The molecular formula is C17H17N5O3. The van der Waals surface area contributed by atoms with E-state index < -0.39 is 4.92 Å². The number of non-ortho nitro benzene ring substituents is 1. The van der Waals surface area contributed by atoms with Gasteiger partial charge < -0.3 is 15.2 Å². The highest BCUT2D eigenvalue weighted by Gasteiger charge is 2.12. The molecule has 0 aliphatic rings. The summed E-state index contributed by atoms with van der Waals surface area (Å²) in [5.74, 6) is 0.746. The number of amides is 2. The molecule has 0 spiro atoms. The van der Waals surface area contributed by atoms with Crippen LogP contribution in [-0.4, -0.2) is 27.1 Å². The number of nitro benzene ring substituents is 1. The standard InChI is InChI=1S/C17H17N5O3/c1-21-15-8-7-13(22(24)25)11-14(15)20-16(21)9-10-18-17(23)19-12-5-3-2-4-6-12/h2-8,11H,9-10H2,1H3,(H2,18,19,23). The first-order chi connectivity index (χ1) is 12.0. The molecule has 0 saturated carbocycles. The molecule has 8 heteroatoms. The van der Waals surface area contributed by atoms with E-state index in [2.05, 4.69) is 15.6 Å². The molecule has 1 heterocycles. The minimum atomic E-state index is -0.441. The maximum atomic E-state index is 11.9. The molecule has 128 valence electrons. The minimum absolute atomic E-state index is 0.0116. The molecule has 0 radical (unpaired) electrons. The molecule has 1 aromatic heterocycles. The second-order valence-corrected chi connectivity index (χ2v) is 5.51. The number of hydrogen-bond acceptors (Lipinski definition) is 4. The molecule has 25 heavy (non-hydrogen) atoms. The fraction of sp³-hybridized carbons (Fsp3) is 0.176. The molecule has 3 rings (SSSR count). The quantitative estimate of drug-likeness (QED) is 0.551. The van der Waals surface area contributed by atoms with Crippen LogP contribution < -0.4 is 10.6 Å². The maximum Gasteiger partial charge on any atom is 0.319 e.